The molecule has 0 radical (unpaired) electrons. The molecule has 0 aliphatic heterocycles. The fourth-order valence-electron chi connectivity index (χ4n) is 2.75. The number of esters is 1. The number of benzene rings is 1. The molecule has 0 saturated heterocycles. The van der Waals surface area contributed by atoms with Crippen LogP contribution < -0.4 is 14.8 Å². The lowest BCUT2D eigenvalue weighted by Crippen LogP contribution is -2.15. The van der Waals surface area contributed by atoms with Crippen molar-refractivity contribution in [2.75, 3.05) is 26.1 Å². The smallest absolute Gasteiger partial charge is 0.341 e. The molecule has 2 rings (SSSR count). The van der Waals surface area contributed by atoms with E-state index in [4.69, 9.17) is 14.2 Å². The Morgan fingerprint density at radius 3 is 2.52 bits per heavy atom. The summed E-state index contributed by atoms with van der Waals surface area (Å²) in [5, 5.41) is 3.39. The van der Waals surface area contributed by atoms with Crippen LogP contribution >= 0.6 is 11.3 Å². The topological polar surface area (TPSA) is 73.9 Å². The number of thiophene rings is 1. The summed E-state index contributed by atoms with van der Waals surface area (Å²) in [4.78, 5) is 25.7. The predicted molar refractivity (Wildman–Crippen MR) is 106 cm³/mol. The van der Waals surface area contributed by atoms with Crippen LogP contribution in [0.1, 0.15) is 39.7 Å². The first kappa shape index (κ1) is 20.8. The third-order valence-electron chi connectivity index (χ3n) is 4.22. The molecule has 2 aromatic rings. The van der Waals surface area contributed by atoms with Crippen LogP contribution in [-0.4, -0.2) is 32.7 Å². The molecule has 0 bridgehead atoms. The number of rotatable bonds is 8. The number of amides is 1. The molecule has 7 heteroatoms. The highest BCUT2D eigenvalue weighted by atomic mass is 32.1. The maximum atomic E-state index is 12.5. The number of hydrogen-bond acceptors (Lipinski definition) is 6. The van der Waals surface area contributed by atoms with Crippen molar-refractivity contribution in [2.24, 2.45) is 0 Å². The summed E-state index contributed by atoms with van der Waals surface area (Å²) in [6.07, 6.45) is 0.742. The molecular weight excluding hydrogens is 366 g/mol. The minimum Gasteiger partial charge on any atom is -0.493 e. The van der Waals surface area contributed by atoms with Gasteiger partial charge in [0.05, 0.1) is 26.4 Å². The molecule has 6 nitrogen and oxygen atoms in total. The fourth-order valence-corrected chi connectivity index (χ4v) is 3.82. The Morgan fingerprint density at radius 2 is 1.89 bits per heavy atom. The van der Waals surface area contributed by atoms with E-state index in [0.717, 1.165) is 16.0 Å². The van der Waals surface area contributed by atoms with Gasteiger partial charge in [-0.2, -0.15) is 0 Å². The number of ether oxygens (including phenoxy) is 3. The van der Waals surface area contributed by atoms with Gasteiger partial charge in [-0.1, -0.05) is 12.1 Å². The van der Waals surface area contributed by atoms with Crippen molar-refractivity contribution in [3.05, 3.63) is 39.8 Å². The van der Waals surface area contributed by atoms with Crippen LogP contribution in [0.5, 0.6) is 11.5 Å². The second-order valence-electron chi connectivity index (χ2n) is 5.91. The van der Waals surface area contributed by atoms with Crippen molar-refractivity contribution in [3.63, 3.8) is 0 Å². The van der Waals surface area contributed by atoms with E-state index < -0.39 is 5.97 Å². The minimum atomic E-state index is -0.413. The Kier molecular flexibility index (Phi) is 7.24. The average Bonchev–Trinajstić information content (AvgIpc) is 2.93. The predicted octanol–water partition coefficient (Wildman–Crippen LogP) is 4.13. The van der Waals surface area contributed by atoms with Gasteiger partial charge in [0.15, 0.2) is 11.5 Å². The molecule has 146 valence electrons. The zero-order valence-electron chi connectivity index (χ0n) is 16.3. The number of carbonyl (C=O) groups excluding carboxylic acids is 2. The number of carbonyl (C=O) groups is 2. The van der Waals surface area contributed by atoms with Gasteiger partial charge in [0.1, 0.15) is 5.00 Å². The van der Waals surface area contributed by atoms with E-state index in [0.29, 0.717) is 28.5 Å². The summed E-state index contributed by atoms with van der Waals surface area (Å²) in [6.45, 7) is 5.82. The van der Waals surface area contributed by atoms with Crippen molar-refractivity contribution in [2.45, 2.75) is 33.6 Å². The lowest BCUT2D eigenvalue weighted by atomic mass is 10.1. The van der Waals surface area contributed by atoms with Crippen molar-refractivity contribution in [1.29, 1.82) is 0 Å². The second-order valence-corrected chi connectivity index (χ2v) is 7.13. The van der Waals surface area contributed by atoms with Gasteiger partial charge in [0, 0.05) is 11.3 Å². The molecule has 1 amide bonds. The number of methoxy groups -OCH3 is 2. The monoisotopic (exact) mass is 391 g/mol. The Hall–Kier alpha value is -2.54. The number of anilines is 1. The standard InChI is InChI=1S/C20H25NO5S/c1-6-26-20(23)17-12(2)13(3)27-19(17)21-16(22)11-10-14-8-7-9-15(24-4)18(14)25-5/h7-9H,6,10-11H2,1-5H3,(H,21,22). The summed E-state index contributed by atoms with van der Waals surface area (Å²) in [5.41, 5.74) is 2.16. The molecule has 27 heavy (non-hydrogen) atoms. The zero-order valence-corrected chi connectivity index (χ0v) is 17.1. The maximum absolute atomic E-state index is 12.5. The minimum absolute atomic E-state index is 0.174. The van der Waals surface area contributed by atoms with Crippen LogP contribution in [0.3, 0.4) is 0 Å². The highest BCUT2D eigenvalue weighted by Crippen LogP contribution is 2.34. The zero-order chi connectivity index (χ0) is 20.0. The van der Waals surface area contributed by atoms with Crippen molar-refractivity contribution in [1.82, 2.24) is 0 Å². The van der Waals surface area contributed by atoms with E-state index in [1.807, 2.05) is 32.0 Å². The summed E-state index contributed by atoms with van der Waals surface area (Å²) < 4.78 is 15.8. The van der Waals surface area contributed by atoms with Gasteiger partial charge in [0.2, 0.25) is 5.91 Å². The summed E-state index contributed by atoms with van der Waals surface area (Å²) in [6, 6.07) is 5.57. The summed E-state index contributed by atoms with van der Waals surface area (Å²) >= 11 is 1.38. The first-order valence-electron chi connectivity index (χ1n) is 8.69. The van der Waals surface area contributed by atoms with E-state index >= 15 is 0 Å². The average molecular weight is 391 g/mol. The van der Waals surface area contributed by atoms with Crippen LogP contribution in [0.25, 0.3) is 0 Å². The maximum Gasteiger partial charge on any atom is 0.341 e. The molecule has 0 aliphatic carbocycles. The lowest BCUT2D eigenvalue weighted by molar-refractivity contribution is -0.116. The van der Waals surface area contributed by atoms with Crippen molar-refractivity contribution >= 4 is 28.2 Å². The van der Waals surface area contributed by atoms with Gasteiger partial charge in [-0.05, 0) is 44.4 Å². The summed E-state index contributed by atoms with van der Waals surface area (Å²) in [7, 11) is 3.15. The molecule has 0 unspecified atom stereocenters. The SMILES string of the molecule is CCOC(=O)c1c(NC(=O)CCc2cccc(OC)c2OC)sc(C)c1C. The molecule has 1 aromatic heterocycles. The number of aryl methyl sites for hydroxylation is 2. The molecule has 1 heterocycles. The summed E-state index contributed by atoms with van der Waals surface area (Å²) in [5.74, 6) is 0.670. The fraction of sp³-hybridized carbons (Fsp3) is 0.400. The molecule has 0 atom stereocenters. The van der Waals surface area contributed by atoms with E-state index in [2.05, 4.69) is 5.32 Å². The lowest BCUT2D eigenvalue weighted by Gasteiger charge is -2.12. The Balaban J connectivity index is 2.11. The van der Waals surface area contributed by atoms with Crippen LogP contribution in [0, 0.1) is 13.8 Å². The van der Waals surface area contributed by atoms with Crippen LogP contribution in [-0.2, 0) is 16.0 Å². The highest BCUT2D eigenvalue weighted by molar-refractivity contribution is 7.16. The van der Waals surface area contributed by atoms with E-state index in [1.54, 1.807) is 21.1 Å². The van der Waals surface area contributed by atoms with Crippen molar-refractivity contribution < 1.29 is 23.8 Å². The van der Waals surface area contributed by atoms with E-state index in [-0.39, 0.29) is 18.9 Å². The third kappa shape index (κ3) is 4.80. The Labute approximate surface area is 163 Å². The van der Waals surface area contributed by atoms with Gasteiger partial charge in [-0.15, -0.1) is 11.3 Å². The van der Waals surface area contributed by atoms with Gasteiger partial charge >= 0.3 is 5.97 Å². The van der Waals surface area contributed by atoms with E-state index in [1.165, 1.54) is 11.3 Å². The largest absolute Gasteiger partial charge is 0.493 e. The highest BCUT2D eigenvalue weighted by Gasteiger charge is 2.22. The third-order valence-corrected chi connectivity index (χ3v) is 5.35. The molecule has 1 N–H and O–H groups in total. The van der Waals surface area contributed by atoms with Crippen molar-refractivity contribution in [3.8, 4) is 11.5 Å². The van der Waals surface area contributed by atoms with Gasteiger partial charge < -0.3 is 19.5 Å². The van der Waals surface area contributed by atoms with Crippen LogP contribution in [0.15, 0.2) is 18.2 Å². The number of nitrogens with one attached hydrogen (secondary N) is 1. The first-order valence-corrected chi connectivity index (χ1v) is 9.51. The Bertz CT molecular complexity index is 828. The molecule has 0 fully saturated rings. The number of para-hydroxylation sites is 1. The first-order chi connectivity index (χ1) is 12.9. The Morgan fingerprint density at radius 1 is 1.15 bits per heavy atom. The van der Waals surface area contributed by atoms with Gasteiger partial charge in [-0.25, -0.2) is 4.79 Å². The van der Waals surface area contributed by atoms with Crippen LogP contribution in [0.4, 0.5) is 5.00 Å². The van der Waals surface area contributed by atoms with Gasteiger partial charge in [-0.3, -0.25) is 4.79 Å². The molecule has 1 aromatic carbocycles. The van der Waals surface area contributed by atoms with Crippen LogP contribution in [0.2, 0.25) is 0 Å². The normalized spacial score (nSPS) is 10.4. The molecule has 0 saturated carbocycles. The van der Waals surface area contributed by atoms with E-state index in [9.17, 15) is 9.59 Å². The number of hydrogen-bond donors (Lipinski definition) is 1. The molecular formula is C20H25NO5S. The molecule has 0 aliphatic rings. The quantitative estimate of drug-likeness (QED) is 0.685. The molecule has 0 spiro atoms. The van der Waals surface area contributed by atoms with Gasteiger partial charge in [0.25, 0.3) is 0 Å². The second kappa shape index (κ2) is 9.41.